The number of hydrogen-bond acceptors (Lipinski definition) is 3. The standard InChI is InChI=1S/C19H29NO2/c1-4-7-17-9-10-18(19(14-17)21-3)22-13-6-12-20-11-5-8-16(2)15-20/h4,7,9-10,14,16H,5-6,8,11-13,15H2,1-3H3/b7-4+/t16-/m0/s1. The van der Waals surface area contributed by atoms with Crippen LogP contribution in [0.4, 0.5) is 0 Å². The highest BCUT2D eigenvalue weighted by Gasteiger charge is 2.15. The molecule has 3 nitrogen and oxygen atoms in total. The molecule has 1 aromatic carbocycles. The first-order valence-electron chi connectivity index (χ1n) is 8.39. The lowest BCUT2D eigenvalue weighted by Gasteiger charge is -2.30. The van der Waals surface area contributed by atoms with E-state index in [-0.39, 0.29) is 0 Å². The van der Waals surface area contributed by atoms with Crippen molar-refractivity contribution >= 4 is 6.08 Å². The summed E-state index contributed by atoms with van der Waals surface area (Å²) in [5, 5.41) is 0. The lowest BCUT2D eigenvalue weighted by molar-refractivity contribution is 0.169. The second-order valence-electron chi connectivity index (χ2n) is 6.16. The van der Waals surface area contributed by atoms with Crippen LogP contribution >= 0.6 is 0 Å². The molecule has 22 heavy (non-hydrogen) atoms. The summed E-state index contributed by atoms with van der Waals surface area (Å²) in [6.07, 6.45) is 7.86. The van der Waals surface area contributed by atoms with Gasteiger partial charge in [0.05, 0.1) is 13.7 Å². The molecule has 0 radical (unpaired) electrons. The van der Waals surface area contributed by atoms with E-state index in [9.17, 15) is 0 Å². The first-order chi connectivity index (χ1) is 10.7. The van der Waals surface area contributed by atoms with Crippen molar-refractivity contribution < 1.29 is 9.47 Å². The summed E-state index contributed by atoms with van der Waals surface area (Å²) < 4.78 is 11.3. The molecular formula is C19H29NO2. The van der Waals surface area contributed by atoms with Gasteiger partial charge < -0.3 is 14.4 Å². The third-order valence-electron chi connectivity index (χ3n) is 4.16. The van der Waals surface area contributed by atoms with Crippen LogP contribution < -0.4 is 9.47 Å². The number of piperidine rings is 1. The van der Waals surface area contributed by atoms with E-state index in [2.05, 4.69) is 24.0 Å². The van der Waals surface area contributed by atoms with Gasteiger partial charge in [0.2, 0.25) is 0 Å². The summed E-state index contributed by atoms with van der Waals surface area (Å²) >= 11 is 0. The lowest BCUT2D eigenvalue weighted by atomic mass is 10.0. The van der Waals surface area contributed by atoms with Crippen molar-refractivity contribution in [2.45, 2.75) is 33.1 Å². The van der Waals surface area contributed by atoms with Crippen molar-refractivity contribution in [1.29, 1.82) is 0 Å². The molecule has 1 atom stereocenters. The number of hydrogen-bond donors (Lipinski definition) is 0. The smallest absolute Gasteiger partial charge is 0.161 e. The summed E-state index contributed by atoms with van der Waals surface area (Å²) in [5.41, 5.74) is 1.13. The third kappa shape index (κ3) is 5.06. The van der Waals surface area contributed by atoms with Crippen LogP contribution in [0.2, 0.25) is 0 Å². The highest BCUT2D eigenvalue weighted by atomic mass is 16.5. The summed E-state index contributed by atoms with van der Waals surface area (Å²) in [4.78, 5) is 2.56. The Hall–Kier alpha value is -1.48. The average Bonchev–Trinajstić information content (AvgIpc) is 2.53. The second-order valence-corrected chi connectivity index (χ2v) is 6.16. The first kappa shape index (κ1) is 16.9. The molecule has 0 bridgehead atoms. The lowest BCUT2D eigenvalue weighted by Crippen LogP contribution is -2.35. The quantitative estimate of drug-likeness (QED) is 0.704. The second kappa shape index (κ2) is 8.84. The van der Waals surface area contributed by atoms with E-state index in [1.807, 2.05) is 25.1 Å². The van der Waals surface area contributed by atoms with Gasteiger partial charge in [-0.3, -0.25) is 0 Å². The van der Waals surface area contributed by atoms with Crippen molar-refractivity contribution in [2.75, 3.05) is 33.4 Å². The maximum absolute atomic E-state index is 5.90. The van der Waals surface area contributed by atoms with Crippen LogP contribution in [-0.2, 0) is 0 Å². The largest absolute Gasteiger partial charge is 0.493 e. The number of nitrogens with zero attached hydrogens (tertiary/aromatic N) is 1. The fourth-order valence-corrected chi connectivity index (χ4v) is 3.06. The van der Waals surface area contributed by atoms with Gasteiger partial charge in [0.15, 0.2) is 11.5 Å². The summed E-state index contributed by atoms with van der Waals surface area (Å²) in [7, 11) is 1.69. The molecule has 1 heterocycles. The zero-order chi connectivity index (χ0) is 15.8. The Bertz CT molecular complexity index is 484. The minimum absolute atomic E-state index is 0.740. The SMILES string of the molecule is C/C=C/c1ccc(OCCCN2CCC[C@H](C)C2)c(OC)c1. The first-order valence-corrected chi connectivity index (χ1v) is 8.39. The Morgan fingerprint density at radius 2 is 2.18 bits per heavy atom. The summed E-state index contributed by atoms with van der Waals surface area (Å²) in [6, 6.07) is 6.07. The van der Waals surface area contributed by atoms with Crippen LogP contribution in [0, 0.1) is 5.92 Å². The number of benzene rings is 1. The normalized spacial score (nSPS) is 19.5. The molecule has 3 heteroatoms. The van der Waals surface area contributed by atoms with E-state index in [1.54, 1.807) is 7.11 Å². The van der Waals surface area contributed by atoms with Gasteiger partial charge in [-0.05, 0) is 56.3 Å². The van der Waals surface area contributed by atoms with E-state index >= 15 is 0 Å². The Balaban J connectivity index is 1.78. The van der Waals surface area contributed by atoms with Gasteiger partial charge >= 0.3 is 0 Å². The van der Waals surface area contributed by atoms with Gasteiger partial charge in [-0.25, -0.2) is 0 Å². The van der Waals surface area contributed by atoms with Crippen LogP contribution in [0.15, 0.2) is 24.3 Å². The molecule has 0 N–H and O–H groups in total. The predicted molar refractivity (Wildman–Crippen MR) is 92.7 cm³/mol. The number of likely N-dealkylation sites (tertiary alicyclic amines) is 1. The van der Waals surface area contributed by atoms with E-state index in [4.69, 9.17) is 9.47 Å². The molecule has 1 aliphatic heterocycles. The molecule has 122 valence electrons. The average molecular weight is 303 g/mol. The molecule has 0 spiro atoms. The van der Waals surface area contributed by atoms with Gasteiger partial charge in [0.1, 0.15) is 0 Å². The minimum atomic E-state index is 0.740. The van der Waals surface area contributed by atoms with Crippen LogP contribution in [0.5, 0.6) is 11.5 Å². The highest BCUT2D eigenvalue weighted by molar-refractivity contribution is 5.55. The molecule has 0 unspecified atom stereocenters. The van der Waals surface area contributed by atoms with Crippen molar-refractivity contribution in [3.05, 3.63) is 29.8 Å². The van der Waals surface area contributed by atoms with Gasteiger partial charge in [-0.1, -0.05) is 25.1 Å². The third-order valence-corrected chi connectivity index (χ3v) is 4.16. The molecule has 0 saturated carbocycles. The molecule has 0 amide bonds. The molecule has 0 aliphatic carbocycles. The molecule has 2 rings (SSSR count). The van der Waals surface area contributed by atoms with Crippen LogP contribution in [0.25, 0.3) is 6.08 Å². The van der Waals surface area contributed by atoms with Gasteiger partial charge in [-0.2, -0.15) is 0 Å². The van der Waals surface area contributed by atoms with Crippen molar-refractivity contribution in [3.8, 4) is 11.5 Å². The van der Waals surface area contributed by atoms with Gasteiger partial charge in [-0.15, -0.1) is 0 Å². The van der Waals surface area contributed by atoms with Gasteiger partial charge in [0, 0.05) is 13.1 Å². The fourth-order valence-electron chi connectivity index (χ4n) is 3.06. The van der Waals surface area contributed by atoms with Crippen LogP contribution in [-0.4, -0.2) is 38.3 Å². The molecule has 1 aliphatic rings. The fraction of sp³-hybridized carbons (Fsp3) is 0.579. The maximum atomic E-state index is 5.90. The molecule has 1 saturated heterocycles. The summed E-state index contributed by atoms with van der Waals surface area (Å²) in [6.45, 7) is 8.71. The van der Waals surface area contributed by atoms with Crippen molar-refractivity contribution in [3.63, 3.8) is 0 Å². The zero-order valence-electron chi connectivity index (χ0n) is 14.2. The molecular weight excluding hydrogens is 274 g/mol. The Kier molecular flexibility index (Phi) is 6.78. The maximum Gasteiger partial charge on any atom is 0.161 e. The van der Waals surface area contributed by atoms with E-state index in [0.29, 0.717) is 0 Å². The Morgan fingerprint density at radius 3 is 2.91 bits per heavy atom. The highest BCUT2D eigenvalue weighted by Crippen LogP contribution is 2.28. The Morgan fingerprint density at radius 1 is 1.32 bits per heavy atom. The molecule has 0 aromatic heterocycles. The van der Waals surface area contributed by atoms with Crippen molar-refractivity contribution in [1.82, 2.24) is 4.90 Å². The van der Waals surface area contributed by atoms with Crippen molar-refractivity contribution in [2.24, 2.45) is 5.92 Å². The van der Waals surface area contributed by atoms with E-state index < -0.39 is 0 Å². The zero-order valence-corrected chi connectivity index (χ0v) is 14.2. The Labute approximate surface area is 134 Å². The topological polar surface area (TPSA) is 21.7 Å². The van der Waals surface area contributed by atoms with E-state index in [1.165, 1.54) is 25.9 Å². The number of methoxy groups -OCH3 is 1. The van der Waals surface area contributed by atoms with Crippen LogP contribution in [0.1, 0.15) is 38.7 Å². The molecule has 1 aromatic rings. The predicted octanol–water partition coefficient (Wildman–Crippen LogP) is 4.23. The number of rotatable bonds is 7. The monoisotopic (exact) mass is 303 g/mol. The van der Waals surface area contributed by atoms with Crippen LogP contribution in [0.3, 0.4) is 0 Å². The van der Waals surface area contributed by atoms with E-state index in [0.717, 1.165) is 42.6 Å². The van der Waals surface area contributed by atoms with Gasteiger partial charge in [0.25, 0.3) is 0 Å². The molecule has 1 fully saturated rings. The number of allylic oxidation sites excluding steroid dienone is 1. The number of ether oxygens (including phenoxy) is 2. The summed E-state index contributed by atoms with van der Waals surface area (Å²) in [5.74, 6) is 2.49. The minimum Gasteiger partial charge on any atom is -0.493 e.